The van der Waals surface area contributed by atoms with Gasteiger partial charge in [0, 0.05) is 38.0 Å². The molecule has 0 bridgehead atoms. The van der Waals surface area contributed by atoms with E-state index in [-0.39, 0.29) is 11.6 Å². The van der Waals surface area contributed by atoms with E-state index in [1.807, 2.05) is 12.1 Å². The maximum atomic E-state index is 12.6. The van der Waals surface area contributed by atoms with E-state index in [0.717, 1.165) is 32.4 Å². The van der Waals surface area contributed by atoms with E-state index in [1.165, 1.54) is 11.1 Å². The summed E-state index contributed by atoms with van der Waals surface area (Å²) < 4.78 is 5.71. The van der Waals surface area contributed by atoms with Crippen LogP contribution in [0.5, 0.6) is 5.75 Å². The van der Waals surface area contributed by atoms with Gasteiger partial charge in [-0.2, -0.15) is 0 Å². The van der Waals surface area contributed by atoms with Crippen LogP contribution in [0.2, 0.25) is 0 Å². The second-order valence-corrected chi connectivity index (χ2v) is 8.40. The number of hydrogen-bond donors (Lipinski definition) is 1. The Morgan fingerprint density at radius 2 is 1.87 bits per heavy atom. The van der Waals surface area contributed by atoms with E-state index in [4.69, 9.17) is 4.74 Å². The molecule has 0 radical (unpaired) electrons. The van der Waals surface area contributed by atoms with E-state index < -0.39 is 6.10 Å². The average Bonchev–Trinajstić information content (AvgIpc) is 2.77. The summed E-state index contributed by atoms with van der Waals surface area (Å²) >= 11 is 0. The van der Waals surface area contributed by atoms with Crippen molar-refractivity contribution in [3.05, 3.63) is 65.2 Å². The van der Waals surface area contributed by atoms with Gasteiger partial charge >= 0.3 is 0 Å². The zero-order chi connectivity index (χ0) is 22.1. The first-order chi connectivity index (χ1) is 15.0. The quantitative estimate of drug-likeness (QED) is 0.409. The smallest absolute Gasteiger partial charge is 0.163 e. The number of benzene rings is 2. The summed E-state index contributed by atoms with van der Waals surface area (Å²) in [4.78, 5) is 25.8. The van der Waals surface area contributed by atoms with E-state index in [9.17, 15) is 14.7 Å². The van der Waals surface area contributed by atoms with Crippen LogP contribution in [-0.2, 0) is 17.8 Å². The molecule has 0 saturated carbocycles. The van der Waals surface area contributed by atoms with E-state index in [0.29, 0.717) is 43.7 Å². The average molecular weight is 424 g/mol. The summed E-state index contributed by atoms with van der Waals surface area (Å²) in [6.07, 6.45) is 3.45. The zero-order valence-electron chi connectivity index (χ0n) is 18.4. The molecule has 5 nitrogen and oxygen atoms in total. The van der Waals surface area contributed by atoms with Gasteiger partial charge in [-0.3, -0.25) is 9.69 Å². The summed E-state index contributed by atoms with van der Waals surface area (Å²) in [5, 5.41) is 10.5. The lowest BCUT2D eigenvalue weighted by atomic mass is 9.99. The number of ketones is 2. The molecule has 0 amide bonds. The number of Topliss-reactive ketones (excluding diaryl/α,β-unsaturated/α-hetero) is 2. The summed E-state index contributed by atoms with van der Waals surface area (Å²) in [7, 11) is 0. The number of hydrogen-bond acceptors (Lipinski definition) is 5. The highest BCUT2D eigenvalue weighted by molar-refractivity contribution is 5.96. The molecule has 0 saturated heterocycles. The fourth-order valence-corrected chi connectivity index (χ4v) is 3.97. The maximum absolute atomic E-state index is 12.6. The maximum Gasteiger partial charge on any atom is 0.163 e. The van der Waals surface area contributed by atoms with Crippen molar-refractivity contribution in [3.8, 4) is 5.75 Å². The fourth-order valence-electron chi connectivity index (χ4n) is 3.97. The molecule has 1 atom stereocenters. The van der Waals surface area contributed by atoms with E-state index in [2.05, 4.69) is 29.2 Å². The van der Waals surface area contributed by atoms with Crippen LogP contribution in [0, 0.1) is 0 Å². The van der Waals surface area contributed by atoms with Gasteiger partial charge in [0.05, 0.1) is 12.7 Å². The number of carbonyl (C=O) groups excluding carboxylic acids is 2. The molecule has 0 spiro atoms. The number of aliphatic hydroxyl groups excluding tert-OH is 1. The van der Waals surface area contributed by atoms with Gasteiger partial charge in [-0.15, -0.1) is 0 Å². The fraction of sp³-hybridized carbons (Fsp3) is 0.462. The third kappa shape index (κ3) is 7.60. The first kappa shape index (κ1) is 23.2. The Kier molecular flexibility index (Phi) is 8.80. The van der Waals surface area contributed by atoms with Crippen LogP contribution in [-0.4, -0.2) is 47.4 Å². The number of β-amino-alcohol motifs (C(OH)–C–C–N with tert-alkyl or cyclic N) is 1. The normalized spacial score (nSPS) is 14.6. The van der Waals surface area contributed by atoms with Gasteiger partial charge in [-0.25, -0.2) is 0 Å². The van der Waals surface area contributed by atoms with Crippen molar-refractivity contribution < 1.29 is 19.4 Å². The first-order valence-corrected chi connectivity index (χ1v) is 11.2. The van der Waals surface area contributed by atoms with Crippen LogP contribution in [0.4, 0.5) is 0 Å². The lowest BCUT2D eigenvalue weighted by Crippen LogP contribution is -2.36. The topological polar surface area (TPSA) is 66.8 Å². The summed E-state index contributed by atoms with van der Waals surface area (Å²) in [5.74, 6) is 0.881. The molecule has 2 aromatic carbocycles. The molecule has 0 aliphatic carbocycles. The summed E-state index contributed by atoms with van der Waals surface area (Å²) in [6, 6.07) is 15.7. The summed E-state index contributed by atoms with van der Waals surface area (Å²) in [6.45, 7) is 4.51. The minimum atomic E-state index is -0.519. The van der Waals surface area contributed by atoms with Crippen molar-refractivity contribution in [2.75, 3.05) is 19.7 Å². The molecule has 1 heterocycles. The first-order valence-electron chi connectivity index (χ1n) is 11.2. The van der Waals surface area contributed by atoms with Crippen LogP contribution in [0.3, 0.4) is 0 Å². The minimum Gasteiger partial charge on any atom is -0.494 e. The van der Waals surface area contributed by atoms with Crippen molar-refractivity contribution in [1.29, 1.82) is 0 Å². The van der Waals surface area contributed by atoms with Gasteiger partial charge < -0.3 is 14.6 Å². The molecule has 2 aromatic rings. The van der Waals surface area contributed by atoms with Gasteiger partial charge in [-0.05, 0) is 55.9 Å². The number of rotatable bonds is 12. The molecule has 1 unspecified atom stereocenters. The highest BCUT2D eigenvalue weighted by Gasteiger charge is 2.19. The molecule has 3 rings (SSSR count). The second-order valence-electron chi connectivity index (χ2n) is 8.40. The van der Waals surface area contributed by atoms with Crippen molar-refractivity contribution >= 4 is 11.6 Å². The monoisotopic (exact) mass is 423 g/mol. The number of fused-ring (bicyclic) bond motifs is 1. The van der Waals surface area contributed by atoms with Crippen molar-refractivity contribution in [2.45, 2.75) is 58.1 Å². The zero-order valence-corrected chi connectivity index (χ0v) is 18.4. The minimum absolute atomic E-state index is 0.0186. The van der Waals surface area contributed by atoms with Crippen molar-refractivity contribution in [2.24, 2.45) is 0 Å². The molecular formula is C26H33NO4. The van der Waals surface area contributed by atoms with Crippen molar-refractivity contribution in [3.63, 3.8) is 0 Å². The van der Waals surface area contributed by atoms with Gasteiger partial charge in [0.1, 0.15) is 11.5 Å². The Labute approximate surface area is 185 Å². The Morgan fingerprint density at radius 3 is 2.68 bits per heavy atom. The molecule has 166 valence electrons. The van der Waals surface area contributed by atoms with E-state index in [1.54, 1.807) is 19.1 Å². The van der Waals surface area contributed by atoms with Crippen molar-refractivity contribution in [1.82, 2.24) is 4.90 Å². The molecule has 31 heavy (non-hydrogen) atoms. The third-order valence-electron chi connectivity index (χ3n) is 5.73. The van der Waals surface area contributed by atoms with E-state index >= 15 is 0 Å². The Hall–Kier alpha value is -2.50. The number of unbranched alkanes of at least 4 members (excludes halogenated alkanes) is 1. The van der Waals surface area contributed by atoms with Crippen LogP contribution in [0.25, 0.3) is 0 Å². The molecule has 0 fully saturated rings. The SMILES string of the molecule is CC(=O)CCCCOc1cccc(C(=O)CCC(O)CN2CCc3ccccc3C2)c1. The molecule has 5 heteroatoms. The summed E-state index contributed by atoms with van der Waals surface area (Å²) in [5.41, 5.74) is 3.33. The van der Waals surface area contributed by atoms with Gasteiger partial charge in [0.25, 0.3) is 0 Å². The Morgan fingerprint density at radius 1 is 1.06 bits per heavy atom. The van der Waals surface area contributed by atoms with Gasteiger partial charge in [-0.1, -0.05) is 36.4 Å². The number of aliphatic hydroxyl groups is 1. The van der Waals surface area contributed by atoms with Crippen LogP contribution < -0.4 is 4.74 Å². The van der Waals surface area contributed by atoms with Gasteiger partial charge in [0.2, 0.25) is 0 Å². The number of carbonyl (C=O) groups is 2. The molecule has 0 aromatic heterocycles. The predicted molar refractivity (Wildman–Crippen MR) is 121 cm³/mol. The standard InChI is InChI=1S/C26H33NO4/c1-20(28)7-4-5-16-31-25-11-6-10-22(17-25)26(30)13-12-24(29)19-27-15-14-21-8-2-3-9-23(21)18-27/h2-3,6,8-11,17,24,29H,4-5,7,12-16,18-19H2,1H3. The molecular weight excluding hydrogens is 390 g/mol. The molecule has 1 N–H and O–H groups in total. The lowest BCUT2D eigenvalue weighted by Gasteiger charge is -2.30. The number of nitrogens with zero attached hydrogens (tertiary/aromatic N) is 1. The predicted octanol–water partition coefficient (Wildman–Crippen LogP) is 4.21. The third-order valence-corrected chi connectivity index (χ3v) is 5.73. The highest BCUT2D eigenvalue weighted by atomic mass is 16.5. The lowest BCUT2D eigenvalue weighted by molar-refractivity contribution is -0.117. The van der Waals surface area contributed by atoms with Crippen LogP contribution in [0.15, 0.2) is 48.5 Å². The number of ether oxygens (including phenoxy) is 1. The highest BCUT2D eigenvalue weighted by Crippen LogP contribution is 2.20. The Bertz CT molecular complexity index is 879. The van der Waals surface area contributed by atoms with Crippen LogP contribution >= 0.6 is 0 Å². The molecule has 1 aliphatic rings. The van der Waals surface area contributed by atoms with Crippen LogP contribution in [0.1, 0.15) is 60.5 Å². The Balaban J connectivity index is 1.40. The van der Waals surface area contributed by atoms with Gasteiger partial charge in [0.15, 0.2) is 5.78 Å². The molecule has 1 aliphatic heterocycles. The second kappa shape index (κ2) is 11.8. The largest absolute Gasteiger partial charge is 0.494 e.